The van der Waals surface area contributed by atoms with E-state index in [-0.39, 0.29) is 0 Å². The Morgan fingerprint density at radius 2 is 2.20 bits per heavy atom. The van der Waals surface area contributed by atoms with E-state index < -0.39 is 0 Å². The number of hydrogen-bond donors (Lipinski definition) is 1. The first-order valence-electron chi connectivity index (χ1n) is 5.22. The van der Waals surface area contributed by atoms with Crippen LogP contribution in [0, 0.1) is 0 Å². The molecule has 0 radical (unpaired) electrons. The molecule has 2 nitrogen and oxygen atoms in total. The minimum atomic E-state index is 0.310. The topological polar surface area (TPSA) is 21.3 Å². The molecular weight excluding hydrogens is 206 g/mol. The molecule has 0 fully saturated rings. The molecule has 0 saturated heterocycles. The Kier molecular flexibility index (Phi) is 5.58. The van der Waals surface area contributed by atoms with Crippen molar-refractivity contribution < 1.29 is 4.74 Å². The Morgan fingerprint density at radius 1 is 1.40 bits per heavy atom. The SMILES string of the molecule is CSc1cccc(NCCOC(C)C)c1. The smallest absolute Gasteiger partial charge is 0.0642 e. The number of ether oxygens (including phenoxy) is 1. The van der Waals surface area contributed by atoms with Crippen LogP contribution >= 0.6 is 11.8 Å². The van der Waals surface area contributed by atoms with Gasteiger partial charge >= 0.3 is 0 Å². The number of thioether (sulfide) groups is 1. The molecule has 84 valence electrons. The van der Waals surface area contributed by atoms with Crippen LogP contribution in [-0.4, -0.2) is 25.5 Å². The number of nitrogens with one attached hydrogen (secondary N) is 1. The van der Waals surface area contributed by atoms with Crippen LogP contribution in [0.1, 0.15) is 13.8 Å². The molecular formula is C12H19NOS. The van der Waals surface area contributed by atoms with Gasteiger partial charge in [-0.25, -0.2) is 0 Å². The second kappa shape index (κ2) is 6.75. The summed E-state index contributed by atoms with van der Waals surface area (Å²) in [4.78, 5) is 1.28. The Bertz CT molecular complexity index is 289. The molecule has 0 bridgehead atoms. The van der Waals surface area contributed by atoms with E-state index in [1.807, 2.05) is 13.8 Å². The van der Waals surface area contributed by atoms with E-state index in [2.05, 4.69) is 35.8 Å². The fourth-order valence-corrected chi connectivity index (χ4v) is 1.68. The summed E-state index contributed by atoms with van der Waals surface area (Å²) in [5, 5.41) is 3.34. The lowest BCUT2D eigenvalue weighted by molar-refractivity contribution is 0.0870. The molecule has 3 heteroatoms. The first-order chi connectivity index (χ1) is 7.22. The molecule has 15 heavy (non-hydrogen) atoms. The monoisotopic (exact) mass is 225 g/mol. The van der Waals surface area contributed by atoms with Crippen LogP contribution in [0.2, 0.25) is 0 Å². The second-order valence-corrected chi connectivity index (χ2v) is 4.46. The third kappa shape index (κ3) is 5.09. The van der Waals surface area contributed by atoms with Crippen LogP contribution in [0.4, 0.5) is 5.69 Å². The highest BCUT2D eigenvalue weighted by Crippen LogP contribution is 2.18. The van der Waals surface area contributed by atoms with E-state index in [0.29, 0.717) is 6.10 Å². The van der Waals surface area contributed by atoms with Crippen molar-refractivity contribution in [3.05, 3.63) is 24.3 Å². The van der Waals surface area contributed by atoms with Crippen LogP contribution < -0.4 is 5.32 Å². The molecule has 0 aliphatic rings. The van der Waals surface area contributed by atoms with Crippen molar-refractivity contribution in [2.45, 2.75) is 24.8 Å². The molecule has 0 saturated carbocycles. The highest BCUT2D eigenvalue weighted by molar-refractivity contribution is 7.98. The standard InChI is InChI=1S/C12H19NOS/c1-10(2)14-8-7-13-11-5-4-6-12(9-11)15-3/h4-6,9-10,13H,7-8H2,1-3H3. The van der Waals surface area contributed by atoms with Gasteiger partial charge in [-0.15, -0.1) is 11.8 Å². The van der Waals surface area contributed by atoms with Gasteiger partial charge in [0.15, 0.2) is 0 Å². The second-order valence-electron chi connectivity index (χ2n) is 3.58. The third-order valence-corrected chi connectivity index (χ3v) is 2.68. The highest BCUT2D eigenvalue weighted by Gasteiger charge is 1.95. The lowest BCUT2D eigenvalue weighted by atomic mass is 10.3. The van der Waals surface area contributed by atoms with Gasteiger partial charge in [0.1, 0.15) is 0 Å². The Morgan fingerprint density at radius 3 is 2.87 bits per heavy atom. The van der Waals surface area contributed by atoms with Crippen LogP contribution in [0.3, 0.4) is 0 Å². The van der Waals surface area contributed by atoms with Crippen LogP contribution in [0.25, 0.3) is 0 Å². The van der Waals surface area contributed by atoms with Gasteiger partial charge in [0, 0.05) is 17.1 Å². The summed E-state index contributed by atoms with van der Waals surface area (Å²) >= 11 is 1.76. The lowest BCUT2D eigenvalue weighted by Crippen LogP contribution is -2.13. The molecule has 1 N–H and O–H groups in total. The Balaban J connectivity index is 2.30. The zero-order valence-corrected chi connectivity index (χ0v) is 10.4. The first-order valence-corrected chi connectivity index (χ1v) is 6.44. The van der Waals surface area contributed by atoms with E-state index in [4.69, 9.17) is 4.74 Å². The molecule has 1 aromatic rings. The van der Waals surface area contributed by atoms with Crippen LogP contribution in [0.15, 0.2) is 29.2 Å². The number of benzene rings is 1. The molecule has 0 aliphatic carbocycles. The molecule has 1 rings (SSSR count). The summed E-state index contributed by atoms with van der Waals surface area (Å²) < 4.78 is 5.45. The van der Waals surface area contributed by atoms with E-state index >= 15 is 0 Å². The lowest BCUT2D eigenvalue weighted by Gasteiger charge is -2.10. The van der Waals surface area contributed by atoms with Crippen molar-refractivity contribution in [2.75, 3.05) is 24.7 Å². The maximum absolute atomic E-state index is 5.45. The van der Waals surface area contributed by atoms with Gasteiger partial charge < -0.3 is 10.1 Å². The van der Waals surface area contributed by atoms with Gasteiger partial charge in [0.05, 0.1) is 12.7 Å². The largest absolute Gasteiger partial charge is 0.383 e. The van der Waals surface area contributed by atoms with Gasteiger partial charge in [0.2, 0.25) is 0 Å². The summed E-state index contributed by atoms with van der Waals surface area (Å²) in [5.74, 6) is 0. The summed E-state index contributed by atoms with van der Waals surface area (Å²) in [5.41, 5.74) is 1.16. The molecule has 0 atom stereocenters. The fraction of sp³-hybridized carbons (Fsp3) is 0.500. The maximum Gasteiger partial charge on any atom is 0.0642 e. The van der Waals surface area contributed by atoms with Gasteiger partial charge in [-0.1, -0.05) is 6.07 Å². The third-order valence-electron chi connectivity index (χ3n) is 1.95. The van der Waals surface area contributed by atoms with Crippen molar-refractivity contribution in [1.82, 2.24) is 0 Å². The summed E-state index contributed by atoms with van der Waals surface area (Å²) in [7, 11) is 0. The van der Waals surface area contributed by atoms with Gasteiger partial charge in [-0.05, 0) is 38.3 Å². The zero-order valence-electron chi connectivity index (χ0n) is 9.62. The van der Waals surface area contributed by atoms with Crippen LogP contribution in [-0.2, 0) is 4.74 Å². The Hall–Kier alpha value is -0.670. The number of rotatable bonds is 6. The Labute approximate surface area is 96.4 Å². The highest BCUT2D eigenvalue weighted by atomic mass is 32.2. The maximum atomic E-state index is 5.45. The molecule has 0 unspecified atom stereocenters. The van der Waals surface area contributed by atoms with E-state index in [0.717, 1.165) is 18.8 Å². The summed E-state index contributed by atoms with van der Waals surface area (Å²) in [6.07, 6.45) is 2.39. The number of hydrogen-bond acceptors (Lipinski definition) is 3. The molecule has 1 aromatic carbocycles. The minimum Gasteiger partial charge on any atom is -0.383 e. The van der Waals surface area contributed by atoms with Gasteiger partial charge in [0.25, 0.3) is 0 Å². The van der Waals surface area contributed by atoms with Crippen molar-refractivity contribution in [2.24, 2.45) is 0 Å². The van der Waals surface area contributed by atoms with E-state index in [9.17, 15) is 0 Å². The van der Waals surface area contributed by atoms with Gasteiger partial charge in [-0.2, -0.15) is 0 Å². The van der Waals surface area contributed by atoms with E-state index in [1.165, 1.54) is 4.90 Å². The van der Waals surface area contributed by atoms with E-state index in [1.54, 1.807) is 11.8 Å². The van der Waals surface area contributed by atoms with Crippen molar-refractivity contribution >= 4 is 17.4 Å². The summed E-state index contributed by atoms with van der Waals surface area (Å²) in [6.45, 7) is 5.71. The average Bonchev–Trinajstić information content (AvgIpc) is 2.24. The predicted octanol–water partition coefficient (Wildman–Crippen LogP) is 3.25. The normalized spacial score (nSPS) is 10.7. The minimum absolute atomic E-state index is 0.310. The molecule has 0 aliphatic heterocycles. The molecule has 0 amide bonds. The first kappa shape index (κ1) is 12.4. The molecule has 0 spiro atoms. The van der Waals surface area contributed by atoms with Crippen molar-refractivity contribution in [3.8, 4) is 0 Å². The van der Waals surface area contributed by atoms with Crippen molar-refractivity contribution in [3.63, 3.8) is 0 Å². The zero-order chi connectivity index (χ0) is 11.1. The molecule has 0 aromatic heterocycles. The van der Waals surface area contributed by atoms with Crippen molar-refractivity contribution in [1.29, 1.82) is 0 Å². The van der Waals surface area contributed by atoms with Gasteiger partial charge in [-0.3, -0.25) is 0 Å². The quantitative estimate of drug-likeness (QED) is 0.593. The van der Waals surface area contributed by atoms with Crippen LogP contribution in [0.5, 0.6) is 0 Å². The number of anilines is 1. The predicted molar refractivity (Wildman–Crippen MR) is 67.8 cm³/mol. The fourth-order valence-electron chi connectivity index (χ4n) is 1.22. The molecule has 0 heterocycles. The summed E-state index contributed by atoms with van der Waals surface area (Å²) in [6, 6.07) is 8.41. The average molecular weight is 225 g/mol.